The summed E-state index contributed by atoms with van der Waals surface area (Å²) < 4.78 is 11.1. The largest absolute Gasteiger partial charge is 0.456 e. The maximum Gasteiger partial charge on any atom is 0.407 e. The number of esters is 1. The number of rotatable bonds is 7. The second-order valence-corrected chi connectivity index (χ2v) is 11.0. The third-order valence-corrected chi connectivity index (χ3v) is 7.81. The Labute approximate surface area is 224 Å². The van der Waals surface area contributed by atoms with Crippen molar-refractivity contribution in [1.29, 1.82) is 0 Å². The van der Waals surface area contributed by atoms with Crippen LogP contribution in [0.15, 0.2) is 34.9 Å². The van der Waals surface area contributed by atoms with Gasteiger partial charge in [0, 0.05) is 22.1 Å². The van der Waals surface area contributed by atoms with Crippen LogP contribution in [0.2, 0.25) is 0 Å². The molecule has 0 bridgehead atoms. The van der Waals surface area contributed by atoms with E-state index in [4.69, 9.17) is 9.47 Å². The van der Waals surface area contributed by atoms with Crippen molar-refractivity contribution in [2.24, 2.45) is 11.8 Å². The zero-order valence-electron chi connectivity index (χ0n) is 21.2. The Morgan fingerprint density at radius 2 is 1.89 bits per heavy atom. The predicted octanol–water partition coefficient (Wildman–Crippen LogP) is 4.26. The molecule has 1 aliphatic heterocycles. The van der Waals surface area contributed by atoms with Crippen LogP contribution in [-0.4, -0.2) is 65.5 Å². The van der Waals surface area contributed by atoms with E-state index in [9.17, 15) is 19.2 Å². The zero-order chi connectivity index (χ0) is 26.7. The monoisotopic (exact) mass is 573 g/mol. The number of carbonyl (C=O) groups is 4. The van der Waals surface area contributed by atoms with Crippen LogP contribution in [0.1, 0.15) is 56.4 Å². The molecule has 1 aromatic carbocycles. The molecule has 0 radical (unpaired) electrons. The number of hydrogen-bond donors (Lipinski definition) is 1. The molecule has 1 N–H and O–H groups in total. The minimum absolute atomic E-state index is 0.100. The van der Waals surface area contributed by atoms with E-state index < -0.39 is 36.5 Å². The first kappa shape index (κ1) is 27.0. The Bertz CT molecular complexity index is 1200. The fourth-order valence-corrected chi connectivity index (χ4v) is 5.80. The molecule has 2 aromatic rings. The summed E-state index contributed by atoms with van der Waals surface area (Å²) in [6.45, 7) is 3.19. The molecule has 198 valence electrons. The van der Waals surface area contributed by atoms with Gasteiger partial charge in [0.25, 0.3) is 0 Å². The minimum atomic E-state index is -0.841. The van der Waals surface area contributed by atoms with Gasteiger partial charge in [-0.3, -0.25) is 14.6 Å². The number of nitrogens with one attached hydrogen (secondary N) is 1. The van der Waals surface area contributed by atoms with E-state index in [0.717, 1.165) is 40.9 Å². The lowest BCUT2D eigenvalue weighted by Crippen LogP contribution is -2.56. The first-order valence-electron chi connectivity index (χ1n) is 12.6. The number of carbonyl (C=O) groups excluding carboxylic acids is 4. The molecule has 1 aromatic heterocycles. The van der Waals surface area contributed by atoms with Crippen molar-refractivity contribution in [2.75, 3.05) is 13.7 Å². The van der Waals surface area contributed by atoms with Crippen LogP contribution >= 0.6 is 15.9 Å². The average Bonchev–Trinajstić information content (AvgIpc) is 3.28. The number of benzene rings is 1. The lowest BCUT2D eigenvalue weighted by molar-refractivity contribution is -0.155. The molecular weight excluding hydrogens is 542 g/mol. The molecule has 9 nitrogen and oxygen atoms in total. The number of amides is 2. The summed E-state index contributed by atoms with van der Waals surface area (Å²) in [4.78, 5) is 57.5. The van der Waals surface area contributed by atoms with Crippen LogP contribution in [0.4, 0.5) is 4.79 Å². The van der Waals surface area contributed by atoms with E-state index >= 15 is 0 Å². The van der Waals surface area contributed by atoms with Gasteiger partial charge in [-0.1, -0.05) is 48.7 Å². The molecule has 4 rings (SSSR count). The highest BCUT2D eigenvalue weighted by atomic mass is 79.9. The van der Waals surface area contributed by atoms with E-state index in [1.807, 2.05) is 32.0 Å². The number of hydrogen-bond acceptors (Lipinski definition) is 7. The second kappa shape index (κ2) is 11.6. The average molecular weight is 574 g/mol. The molecule has 37 heavy (non-hydrogen) atoms. The highest BCUT2D eigenvalue weighted by molar-refractivity contribution is 9.10. The third kappa shape index (κ3) is 5.95. The van der Waals surface area contributed by atoms with Crippen molar-refractivity contribution in [3.63, 3.8) is 0 Å². The summed E-state index contributed by atoms with van der Waals surface area (Å²) in [7, 11) is 1.24. The van der Waals surface area contributed by atoms with Crippen LogP contribution < -0.4 is 5.32 Å². The van der Waals surface area contributed by atoms with Crippen LogP contribution in [0, 0.1) is 11.8 Å². The van der Waals surface area contributed by atoms with Crippen LogP contribution in [0.5, 0.6) is 0 Å². The number of Topliss-reactive ketones (excluding diaryl/α,β-unsaturated/α-hetero) is 1. The summed E-state index contributed by atoms with van der Waals surface area (Å²) >= 11 is 3.42. The molecule has 2 aliphatic rings. The van der Waals surface area contributed by atoms with E-state index in [1.54, 1.807) is 17.2 Å². The summed E-state index contributed by atoms with van der Waals surface area (Å²) in [5, 5.41) is 4.35. The van der Waals surface area contributed by atoms with Crippen molar-refractivity contribution in [3.8, 4) is 0 Å². The fourth-order valence-electron chi connectivity index (χ4n) is 5.42. The molecular formula is C27H32BrN3O6. The smallest absolute Gasteiger partial charge is 0.407 e. The van der Waals surface area contributed by atoms with E-state index in [2.05, 4.69) is 26.2 Å². The minimum Gasteiger partial charge on any atom is -0.456 e. The Kier molecular flexibility index (Phi) is 8.46. The number of ether oxygens (including phenoxy) is 2. The number of halogens is 1. The van der Waals surface area contributed by atoms with Gasteiger partial charge in [0.1, 0.15) is 17.8 Å². The normalized spacial score (nSPS) is 21.9. The van der Waals surface area contributed by atoms with E-state index in [1.165, 1.54) is 7.11 Å². The van der Waals surface area contributed by atoms with Crippen molar-refractivity contribution < 1.29 is 28.7 Å². The van der Waals surface area contributed by atoms with Gasteiger partial charge in [0.05, 0.1) is 7.11 Å². The Balaban J connectivity index is 1.49. The van der Waals surface area contributed by atoms with Gasteiger partial charge in [0.2, 0.25) is 11.7 Å². The number of pyridine rings is 1. The maximum atomic E-state index is 13.7. The fraction of sp³-hybridized carbons (Fsp3) is 0.519. The number of nitrogens with zero attached hydrogens (tertiary/aromatic N) is 2. The first-order valence-corrected chi connectivity index (χ1v) is 13.4. The predicted molar refractivity (Wildman–Crippen MR) is 140 cm³/mol. The Hall–Kier alpha value is -3.01. The second-order valence-electron chi connectivity index (χ2n) is 10.1. The molecule has 2 amide bonds. The van der Waals surface area contributed by atoms with Crippen molar-refractivity contribution in [1.82, 2.24) is 15.2 Å². The van der Waals surface area contributed by atoms with E-state index in [-0.39, 0.29) is 29.5 Å². The first-order chi connectivity index (χ1) is 17.7. The summed E-state index contributed by atoms with van der Waals surface area (Å²) in [5.41, 5.74) is 0.206. The Morgan fingerprint density at radius 3 is 2.62 bits per heavy atom. The van der Waals surface area contributed by atoms with Crippen LogP contribution in [0.25, 0.3) is 10.8 Å². The maximum absolute atomic E-state index is 13.7. The topological polar surface area (TPSA) is 115 Å². The van der Waals surface area contributed by atoms with Crippen molar-refractivity contribution in [3.05, 3.63) is 40.6 Å². The lowest BCUT2D eigenvalue weighted by atomic mass is 9.84. The number of aromatic nitrogens is 1. The van der Waals surface area contributed by atoms with Gasteiger partial charge in [-0.15, -0.1) is 0 Å². The van der Waals surface area contributed by atoms with Crippen LogP contribution in [0.3, 0.4) is 0 Å². The summed E-state index contributed by atoms with van der Waals surface area (Å²) in [6, 6.07) is 5.58. The number of fused-ring (bicyclic) bond motifs is 2. The number of methoxy groups -OCH3 is 1. The van der Waals surface area contributed by atoms with Gasteiger partial charge in [-0.2, -0.15) is 0 Å². The number of likely N-dealkylation sites (tertiary alicyclic amines) is 1. The molecule has 10 heteroatoms. The Morgan fingerprint density at radius 1 is 1.14 bits per heavy atom. The van der Waals surface area contributed by atoms with Gasteiger partial charge in [-0.05, 0) is 54.7 Å². The van der Waals surface area contributed by atoms with Gasteiger partial charge >= 0.3 is 12.1 Å². The standard InChI is InChI=1S/C27H32BrN3O6/c1-15(2)24(30-27(35)36-3)25(33)31-21-7-5-4-6-17(21)12-22(31)26(34)37-14-23(32)20-11-16-8-9-19(28)10-18(16)13-29-20/h8-11,13,15,17,21-22,24H,4-7,12,14H2,1-3H3,(H,30,35)/t17-,21-,22-,24-/m0/s1. The van der Waals surface area contributed by atoms with Gasteiger partial charge < -0.3 is 19.7 Å². The lowest BCUT2D eigenvalue weighted by Gasteiger charge is -2.36. The summed E-state index contributed by atoms with van der Waals surface area (Å²) in [5.74, 6) is -1.39. The number of ketones is 1. The SMILES string of the molecule is COC(=O)N[C@H](C(=O)N1[C@H](C(=O)OCC(=O)c2cc3ccc(Br)cc3cn2)C[C@@H]2CCCC[C@@H]21)C(C)C. The molecule has 2 fully saturated rings. The van der Waals surface area contributed by atoms with E-state index in [0.29, 0.717) is 6.42 Å². The molecule has 4 atom stereocenters. The molecule has 2 heterocycles. The molecule has 0 unspecified atom stereocenters. The summed E-state index contributed by atoms with van der Waals surface area (Å²) in [6.07, 6.45) is 5.11. The quantitative estimate of drug-likeness (QED) is 0.388. The molecule has 0 spiro atoms. The zero-order valence-corrected chi connectivity index (χ0v) is 22.8. The van der Waals surface area contributed by atoms with Gasteiger partial charge in [-0.25, -0.2) is 9.59 Å². The van der Waals surface area contributed by atoms with Gasteiger partial charge in [0.15, 0.2) is 6.61 Å². The third-order valence-electron chi connectivity index (χ3n) is 7.32. The molecule has 1 saturated carbocycles. The molecule has 1 aliphatic carbocycles. The van der Waals surface area contributed by atoms with Crippen molar-refractivity contribution in [2.45, 2.75) is 64.1 Å². The highest BCUT2D eigenvalue weighted by Crippen LogP contribution is 2.40. The van der Waals surface area contributed by atoms with Crippen LogP contribution in [-0.2, 0) is 19.1 Å². The van der Waals surface area contributed by atoms with Crippen molar-refractivity contribution >= 4 is 50.5 Å². The highest BCUT2D eigenvalue weighted by Gasteiger charge is 2.50. The number of alkyl carbamates (subject to hydrolysis) is 1. The molecule has 1 saturated heterocycles.